The van der Waals surface area contributed by atoms with Crippen molar-refractivity contribution in [1.82, 2.24) is 0 Å². The number of hydrogen-bond donors (Lipinski definition) is 3. The highest BCUT2D eigenvalue weighted by molar-refractivity contribution is 5.97. The van der Waals surface area contributed by atoms with E-state index in [1.54, 1.807) is 13.1 Å². The number of benzene rings is 2. The number of anilines is 2. The van der Waals surface area contributed by atoms with E-state index < -0.39 is 0 Å². The smallest absolute Gasteiger partial charge is 0.102 e. The second kappa shape index (κ2) is 5.23. The average Bonchev–Trinajstić information content (AvgIpc) is 2.45. The van der Waals surface area contributed by atoms with Crippen LogP contribution in [0.25, 0.3) is 11.1 Å². The average molecular weight is 250 g/mol. The summed E-state index contributed by atoms with van der Waals surface area (Å²) in [5.74, 6) is 0. The summed E-state index contributed by atoms with van der Waals surface area (Å²) in [6, 6.07) is 13.2. The van der Waals surface area contributed by atoms with Gasteiger partial charge in [-0.05, 0) is 17.7 Å². The predicted molar refractivity (Wildman–Crippen MR) is 78.4 cm³/mol. The fourth-order valence-electron chi connectivity index (χ4n) is 2.09. The van der Waals surface area contributed by atoms with Crippen molar-refractivity contribution in [3.05, 3.63) is 47.5 Å². The summed E-state index contributed by atoms with van der Waals surface area (Å²) in [6.07, 6.45) is 1.28. The molecule has 0 bridgehead atoms. The van der Waals surface area contributed by atoms with Gasteiger partial charge in [-0.15, -0.1) is 0 Å². The lowest BCUT2D eigenvalue weighted by Gasteiger charge is -2.13. The number of hydrogen-bond acceptors (Lipinski definition) is 4. The minimum atomic E-state index is 0.443. The third kappa shape index (κ3) is 2.14. The summed E-state index contributed by atoms with van der Waals surface area (Å²) < 4.78 is 0. The van der Waals surface area contributed by atoms with E-state index in [2.05, 4.69) is 11.4 Å². The van der Waals surface area contributed by atoms with Crippen molar-refractivity contribution < 1.29 is 0 Å². The number of rotatable bonds is 3. The Balaban J connectivity index is 2.77. The molecule has 2 aromatic rings. The van der Waals surface area contributed by atoms with Crippen LogP contribution in [0.15, 0.2) is 36.4 Å². The van der Waals surface area contributed by atoms with E-state index in [1.807, 2.05) is 30.3 Å². The molecule has 0 unspecified atom stereocenters. The van der Waals surface area contributed by atoms with Crippen LogP contribution < -0.4 is 11.1 Å². The first kappa shape index (κ1) is 12.7. The van der Waals surface area contributed by atoms with Gasteiger partial charge in [0.05, 0.1) is 11.3 Å². The van der Waals surface area contributed by atoms with Crippen molar-refractivity contribution in [3.8, 4) is 17.2 Å². The molecule has 4 N–H and O–H groups in total. The lowest BCUT2D eigenvalue weighted by atomic mass is 9.94. The van der Waals surface area contributed by atoms with Gasteiger partial charge in [-0.1, -0.05) is 24.3 Å². The first-order valence-corrected chi connectivity index (χ1v) is 5.83. The fraction of sp³-hybridized carbons (Fsp3) is 0.0667. The van der Waals surface area contributed by atoms with Crippen LogP contribution in [0.4, 0.5) is 11.4 Å². The molecule has 2 aromatic carbocycles. The molecule has 0 radical (unpaired) electrons. The zero-order valence-corrected chi connectivity index (χ0v) is 10.6. The zero-order chi connectivity index (χ0) is 13.8. The van der Waals surface area contributed by atoms with Crippen molar-refractivity contribution in [1.29, 1.82) is 10.7 Å². The third-order valence-electron chi connectivity index (χ3n) is 3.02. The van der Waals surface area contributed by atoms with Gasteiger partial charge < -0.3 is 16.5 Å². The van der Waals surface area contributed by atoms with E-state index in [1.165, 1.54) is 6.21 Å². The second-order valence-electron chi connectivity index (χ2n) is 4.04. The van der Waals surface area contributed by atoms with Crippen LogP contribution in [-0.2, 0) is 0 Å². The van der Waals surface area contributed by atoms with Crippen molar-refractivity contribution in [2.45, 2.75) is 0 Å². The number of nitriles is 1. The first-order valence-electron chi connectivity index (χ1n) is 5.83. The molecule has 0 saturated heterocycles. The lowest BCUT2D eigenvalue weighted by Crippen LogP contribution is -1.99. The normalized spacial score (nSPS) is 9.68. The highest BCUT2D eigenvalue weighted by atomic mass is 14.8. The number of nitrogens with one attached hydrogen (secondary N) is 2. The molecule has 4 heteroatoms. The maximum atomic E-state index is 9.25. The molecule has 0 aliphatic heterocycles. The summed E-state index contributed by atoms with van der Waals surface area (Å²) >= 11 is 0. The van der Waals surface area contributed by atoms with E-state index >= 15 is 0 Å². The quantitative estimate of drug-likeness (QED) is 0.578. The number of nitrogens with zero attached hydrogens (tertiary/aromatic N) is 1. The minimum absolute atomic E-state index is 0.443. The van der Waals surface area contributed by atoms with Crippen LogP contribution in [0.2, 0.25) is 0 Å². The molecule has 2 rings (SSSR count). The van der Waals surface area contributed by atoms with Gasteiger partial charge in [0, 0.05) is 30.1 Å². The zero-order valence-electron chi connectivity index (χ0n) is 10.6. The Hall–Kier alpha value is -2.80. The van der Waals surface area contributed by atoms with Gasteiger partial charge in [0.25, 0.3) is 0 Å². The van der Waals surface area contributed by atoms with E-state index in [0.29, 0.717) is 11.3 Å². The van der Waals surface area contributed by atoms with E-state index in [9.17, 15) is 5.26 Å². The van der Waals surface area contributed by atoms with Crippen molar-refractivity contribution in [2.75, 3.05) is 18.1 Å². The van der Waals surface area contributed by atoms with E-state index in [0.717, 1.165) is 22.4 Å². The molecule has 19 heavy (non-hydrogen) atoms. The first-order chi connectivity index (χ1) is 9.22. The third-order valence-corrected chi connectivity index (χ3v) is 3.02. The van der Waals surface area contributed by atoms with Crippen LogP contribution in [0, 0.1) is 16.7 Å². The summed E-state index contributed by atoms with van der Waals surface area (Å²) in [7, 11) is 1.80. The summed E-state index contributed by atoms with van der Waals surface area (Å²) in [5, 5.41) is 19.9. The highest BCUT2D eigenvalue weighted by Crippen LogP contribution is 2.32. The van der Waals surface area contributed by atoms with Crippen molar-refractivity contribution in [2.24, 2.45) is 0 Å². The molecular formula is C15H14N4. The van der Waals surface area contributed by atoms with Gasteiger partial charge in [-0.25, -0.2) is 0 Å². The molecule has 0 aliphatic rings. The molecule has 0 aromatic heterocycles. The number of nitrogens with two attached hydrogens (primary N) is 1. The van der Waals surface area contributed by atoms with Crippen molar-refractivity contribution in [3.63, 3.8) is 0 Å². The molecule has 0 heterocycles. The van der Waals surface area contributed by atoms with Gasteiger partial charge in [-0.2, -0.15) is 5.26 Å². The fourth-order valence-corrected chi connectivity index (χ4v) is 2.09. The molecular weight excluding hydrogens is 236 g/mol. The van der Waals surface area contributed by atoms with E-state index in [4.69, 9.17) is 11.1 Å². The molecule has 0 atom stereocenters. The molecule has 0 fully saturated rings. The summed E-state index contributed by atoms with van der Waals surface area (Å²) in [5.41, 5.74) is 9.89. The van der Waals surface area contributed by atoms with Crippen LogP contribution in [0.5, 0.6) is 0 Å². The second-order valence-corrected chi connectivity index (χ2v) is 4.04. The maximum Gasteiger partial charge on any atom is 0.102 e. The molecule has 0 spiro atoms. The van der Waals surface area contributed by atoms with Crippen LogP contribution in [0.3, 0.4) is 0 Å². The van der Waals surface area contributed by atoms with Gasteiger partial charge in [-0.3, -0.25) is 0 Å². The molecule has 0 aliphatic carbocycles. The number of nitrogen functional groups attached to an aromatic ring is 1. The van der Waals surface area contributed by atoms with Gasteiger partial charge >= 0.3 is 0 Å². The SMILES string of the molecule is CNc1cccc(-c2cccc(N)c2C#N)c1C=N. The Labute approximate surface area is 112 Å². The minimum Gasteiger partial charge on any atom is -0.398 e. The summed E-state index contributed by atoms with van der Waals surface area (Å²) in [6.45, 7) is 0. The Morgan fingerprint density at radius 1 is 1.21 bits per heavy atom. The van der Waals surface area contributed by atoms with Crippen LogP contribution in [-0.4, -0.2) is 13.3 Å². The monoisotopic (exact) mass is 250 g/mol. The predicted octanol–water partition coefficient (Wildman–Crippen LogP) is 2.85. The Kier molecular flexibility index (Phi) is 3.48. The lowest BCUT2D eigenvalue weighted by molar-refractivity contribution is 1.45. The van der Waals surface area contributed by atoms with Gasteiger partial charge in [0.15, 0.2) is 0 Å². The topological polar surface area (TPSA) is 85.7 Å². The molecule has 4 nitrogen and oxygen atoms in total. The largest absolute Gasteiger partial charge is 0.398 e. The Morgan fingerprint density at radius 2 is 1.89 bits per heavy atom. The van der Waals surface area contributed by atoms with Crippen LogP contribution in [0.1, 0.15) is 11.1 Å². The highest BCUT2D eigenvalue weighted by Gasteiger charge is 2.12. The standard InChI is InChI=1S/C15H14N4/c1-19-15-7-3-5-11(13(15)9-17)10-4-2-6-14(18)12(10)8-16/h2-7,9,17,19H,18H2,1H3. The van der Waals surface area contributed by atoms with Crippen LogP contribution >= 0.6 is 0 Å². The van der Waals surface area contributed by atoms with E-state index in [-0.39, 0.29) is 0 Å². The van der Waals surface area contributed by atoms with Gasteiger partial charge in [0.2, 0.25) is 0 Å². The molecule has 94 valence electrons. The molecule has 0 amide bonds. The maximum absolute atomic E-state index is 9.25. The van der Waals surface area contributed by atoms with Crippen molar-refractivity contribution >= 4 is 17.6 Å². The van der Waals surface area contributed by atoms with Gasteiger partial charge in [0.1, 0.15) is 6.07 Å². The summed E-state index contributed by atoms with van der Waals surface area (Å²) in [4.78, 5) is 0. The Bertz CT molecular complexity index is 668. The molecule has 0 saturated carbocycles. The Morgan fingerprint density at radius 3 is 2.53 bits per heavy atom.